The topological polar surface area (TPSA) is 83.5 Å². The molecule has 1 amide bonds. The van der Waals surface area contributed by atoms with E-state index < -0.39 is 10.1 Å². The summed E-state index contributed by atoms with van der Waals surface area (Å²) in [4.78, 5) is 9.96. The molecule has 0 bridgehead atoms. The van der Waals surface area contributed by atoms with Gasteiger partial charge in [-0.25, -0.2) is 0 Å². The molecule has 5 nitrogen and oxygen atoms in total. The second-order valence-electron chi connectivity index (χ2n) is 3.41. The molecule has 0 saturated carbocycles. The lowest BCUT2D eigenvalue weighted by Gasteiger charge is -2.07. The third-order valence-electron chi connectivity index (χ3n) is 2.12. The molecule has 1 aromatic rings. The van der Waals surface area contributed by atoms with Crippen molar-refractivity contribution in [1.29, 1.82) is 0 Å². The highest BCUT2D eigenvalue weighted by Crippen LogP contribution is 2.17. The Labute approximate surface area is 94.2 Å². The van der Waals surface area contributed by atoms with E-state index >= 15 is 0 Å². The van der Waals surface area contributed by atoms with Crippen LogP contribution in [-0.2, 0) is 21.3 Å². The van der Waals surface area contributed by atoms with Crippen molar-refractivity contribution in [2.45, 2.75) is 18.2 Å². The van der Waals surface area contributed by atoms with Gasteiger partial charge in [0.15, 0.2) is 0 Å². The first kappa shape index (κ1) is 12.7. The van der Waals surface area contributed by atoms with Gasteiger partial charge in [-0.3, -0.25) is 9.35 Å². The number of carbonyl (C=O) groups is 1. The van der Waals surface area contributed by atoms with E-state index in [4.69, 9.17) is 4.55 Å². The molecule has 0 spiro atoms. The van der Waals surface area contributed by atoms with Gasteiger partial charge in [-0.2, -0.15) is 8.42 Å². The number of benzene rings is 1. The van der Waals surface area contributed by atoms with Crippen LogP contribution in [0.1, 0.15) is 11.1 Å². The van der Waals surface area contributed by atoms with E-state index in [1.165, 1.54) is 6.07 Å². The van der Waals surface area contributed by atoms with Crippen LogP contribution in [0, 0.1) is 6.92 Å². The molecule has 0 heterocycles. The number of hydrogen-bond donors (Lipinski definition) is 2. The Morgan fingerprint density at radius 2 is 2.12 bits per heavy atom. The molecule has 16 heavy (non-hydrogen) atoms. The molecule has 1 aromatic carbocycles. The zero-order valence-corrected chi connectivity index (χ0v) is 9.62. The predicted molar refractivity (Wildman–Crippen MR) is 58.8 cm³/mol. The summed E-state index contributed by atoms with van der Waals surface area (Å²) in [6.07, 6.45) is 0.901. The fraction of sp³-hybridized carbons (Fsp3) is 0.300. The van der Waals surface area contributed by atoms with E-state index in [1.807, 2.05) is 6.92 Å². The normalized spacial score (nSPS) is 11.1. The van der Waals surface area contributed by atoms with Crippen molar-refractivity contribution in [3.63, 3.8) is 0 Å². The van der Waals surface area contributed by atoms with Crippen molar-refractivity contribution in [2.75, 3.05) is 6.54 Å². The Balaban J connectivity index is 3.04. The Morgan fingerprint density at radius 1 is 1.44 bits per heavy atom. The number of hydrogen-bond acceptors (Lipinski definition) is 3. The third kappa shape index (κ3) is 3.32. The molecule has 2 N–H and O–H groups in total. The average Bonchev–Trinajstić information content (AvgIpc) is 2.16. The smallest absolute Gasteiger partial charge is 0.294 e. The maximum absolute atomic E-state index is 11.1. The summed E-state index contributed by atoms with van der Waals surface area (Å²) in [5.74, 6) is 0. The molecule has 0 radical (unpaired) electrons. The first-order chi connectivity index (χ1) is 7.45. The van der Waals surface area contributed by atoms with E-state index in [-0.39, 0.29) is 4.90 Å². The van der Waals surface area contributed by atoms with Gasteiger partial charge in [0.25, 0.3) is 10.1 Å². The van der Waals surface area contributed by atoms with Crippen LogP contribution >= 0.6 is 0 Å². The largest absolute Gasteiger partial charge is 0.358 e. The summed E-state index contributed by atoms with van der Waals surface area (Å²) in [5.41, 5.74) is 1.39. The van der Waals surface area contributed by atoms with Crippen molar-refractivity contribution < 1.29 is 17.8 Å². The Bertz CT molecular complexity index is 482. The predicted octanol–water partition coefficient (Wildman–Crippen LogP) is 0.530. The summed E-state index contributed by atoms with van der Waals surface area (Å²) in [5, 5.41) is 2.44. The summed E-state index contributed by atoms with van der Waals surface area (Å²) in [6, 6.07) is 4.65. The zero-order valence-electron chi connectivity index (χ0n) is 8.80. The lowest BCUT2D eigenvalue weighted by Crippen LogP contribution is -2.16. The van der Waals surface area contributed by atoms with Gasteiger partial charge in [0, 0.05) is 6.54 Å². The van der Waals surface area contributed by atoms with Crippen molar-refractivity contribution in [2.24, 2.45) is 0 Å². The highest BCUT2D eigenvalue weighted by molar-refractivity contribution is 7.85. The highest BCUT2D eigenvalue weighted by Gasteiger charge is 2.14. The van der Waals surface area contributed by atoms with Crippen LogP contribution in [0.15, 0.2) is 23.1 Å². The first-order valence-corrected chi connectivity index (χ1v) is 6.13. The van der Waals surface area contributed by atoms with Gasteiger partial charge in [0.1, 0.15) is 0 Å². The van der Waals surface area contributed by atoms with Gasteiger partial charge in [-0.05, 0) is 25.0 Å². The van der Waals surface area contributed by atoms with E-state index in [1.54, 1.807) is 12.1 Å². The van der Waals surface area contributed by atoms with E-state index in [9.17, 15) is 13.2 Å². The fourth-order valence-electron chi connectivity index (χ4n) is 1.42. The number of carbonyl (C=O) groups excluding carboxylic acids is 1. The van der Waals surface area contributed by atoms with Crippen LogP contribution in [-0.4, -0.2) is 25.9 Å². The molecule has 1 rings (SSSR count). The number of nitrogens with one attached hydrogen (secondary N) is 1. The molecule has 0 aliphatic heterocycles. The van der Waals surface area contributed by atoms with Crippen molar-refractivity contribution in [1.82, 2.24) is 5.32 Å². The van der Waals surface area contributed by atoms with Gasteiger partial charge >= 0.3 is 0 Å². The molecule has 0 aliphatic rings. The van der Waals surface area contributed by atoms with Gasteiger partial charge in [-0.1, -0.05) is 17.7 Å². The molecule has 0 saturated heterocycles. The van der Waals surface area contributed by atoms with Gasteiger partial charge in [0.2, 0.25) is 6.41 Å². The van der Waals surface area contributed by atoms with E-state index in [0.717, 1.165) is 5.56 Å². The summed E-state index contributed by atoms with van der Waals surface area (Å²) in [7, 11) is -4.20. The molecule has 6 heteroatoms. The number of rotatable bonds is 5. The summed E-state index contributed by atoms with van der Waals surface area (Å²) < 4.78 is 31.1. The Morgan fingerprint density at radius 3 is 2.69 bits per heavy atom. The average molecular weight is 243 g/mol. The SMILES string of the molecule is Cc1ccc(S(=O)(=O)O)c(CCNC=O)c1. The quantitative estimate of drug-likeness (QED) is 0.449. The maximum Gasteiger partial charge on any atom is 0.294 e. The Kier molecular flexibility index (Phi) is 4.03. The molecule has 88 valence electrons. The molecular weight excluding hydrogens is 230 g/mol. The molecular formula is C10H13NO4S. The fourth-order valence-corrected chi connectivity index (χ4v) is 2.15. The van der Waals surface area contributed by atoms with E-state index in [0.29, 0.717) is 24.9 Å². The van der Waals surface area contributed by atoms with Crippen molar-refractivity contribution in [3.8, 4) is 0 Å². The number of amides is 1. The Hall–Kier alpha value is -1.40. The monoisotopic (exact) mass is 243 g/mol. The molecule has 0 atom stereocenters. The van der Waals surface area contributed by atoms with E-state index in [2.05, 4.69) is 5.32 Å². The molecule has 0 aliphatic carbocycles. The van der Waals surface area contributed by atoms with Gasteiger partial charge in [0.05, 0.1) is 4.90 Å². The van der Waals surface area contributed by atoms with Gasteiger partial charge < -0.3 is 5.32 Å². The minimum atomic E-state index is -4.20. The minimum absolute atomic E-state index is 0.106. The second-order valence-corrected chi connectivity index (χ2v) is 4.80. The van der Waals surface area contributed by atoms with Crippen LogP contribution in [0.3, 0.4) is 0 Å². The van der Waals surface area contributed by atoms with Crippen molar-refractivity contribution >= 4 is 16.5 Å². The third-order valence-corrected chi connectivity index (χ3v) is 3.07. The highest BCUT2D eigenvalue weighted by atomic mass is 32.2. The maximum atomic E-state index is 11.1. The standard InChI is InChI=1S/C10H13NO4S/c1-8-2-3-10(16(13,14)15)9(6-8)4-5-11-7-12/h2-3,6-7H,4-5H2,1H3,(H,11,12)(H,13,14,15). The summed E-state index contributed by atoms with van der Waals surface area (Å²) in [6.45, 7) is 2.15. The molecule has 0 unspecified atom stereocenters. The molecule has 0 aromatic heterocycles. The summed E-state index contributed by atoms with van der Waals surface area (Å²) >= 11 is 0. The lowest BCUT2D eigenvalue weighted by atomic mass is 10.1. The van der Waals surface area contributed by atoms with Crippen LogP contribution < -0.4 is 5.32 Å². The van der Waals surface area contributed by atoms with Gasteiger partial charge in [-0.15, -0.1) is 0 Å². The second kappa shape index (κ2) is 5.09. The molecule has 0 fully saturated rings. The van der Waals surface area contributed by atoms with Crippen molar-refractivity contribution in [3.05, 3.63) is 29.3 Å². The minimum Gasteiger partial charge on any atom is -0.358 e. The van der Waals surface area contributed by atoms with Crippen LogP contribution in [0.25, 0.3) is 0 Å². The van der Waals surface area contributed by atoms with Crippen LogP contribution in [0.2, 0.25) is 0 Å². The zero-order chi connectivity index (χ0) is 12.2. The van der Waals surface area contributed by atoms with Crippen LogP contribution in [0.5, 0.6) is 0 Å². The first-order valence-electron chi connectivity index (χ1n) is 4.69. The number of aryl methyl sites for hydroxylation is 1. The van der Waals surface area contributed by atoms with Crippen LogP contribution in [0.4, 0.5) is 0 Å². The lowest BCUT2D eigenvalue weighted by molar-refractivity contribution is -0.109.